The molecular formula is C32H42O9. The van der Waals surface area contributed by atoms with Gasteiger partial charge in [-0.2, -0.15) is 0 Å². The molecule has 0 aromatic heterocycles. The fourth-order valence-electron chi connectivity index (χ4n) is 4.21. The van der Waals surface area contributed by atoms with Crippen molar-refractivity contribution < 1.29 is 43.1 Å². The van der Waals surface area contributed by atoms with Gasteiger partial charge < -0.3 is 33.5 Å². The van der Waals surface area contributed by atoms with Gasteiger partial charge in [0.2, 0.25) is 0 Å². The molecule has 0 amide bonds. The Morgan fingerprint density at radius 3 is 1.98 bits per heavy atom. The van der Waals surface area contributed by atoms with Gasteiger partial charge in [-0.25, -0.2) is 9.59 Å². The predicted molar refractivity (Wildman–Crippen MR) is 156 cm³/mol. The minimum Gasteiger partial charge on any atom is -0.491 e. The number of aliphatic hydroxyl groups excluding tert-OH is 1. The lowest BCUT2D eigenvalue weighted by Gasteiger charge is -2.33. The molecule has 0 heterocycles. The predicted octanol–water partition coefficient (Wildman–Crippen LogP) is 5.47. The van der Waals surface area contributed by atoms with Crippen LogP contribution in [0.3, 0.4) is 0 Å². The second-order valence-electron chi connectivity index (χ2n) is 9.49. The quantitative estimate of drug-likeness (QED) is 0.160. The van der Waals surface area contributed by atoms with Crippen molar-refractivity contribution in [2.45, 2.75) is 60.0 Å². The highest BCUT2D eigenvalue weighted by Crippen LogP contribution is 2.54. The van der Waals surface area contributed by atoms with E-state index in [0.29, 0.717) is 53.9 Å². The molecule has 1 unspecified atom stereocenters. The van der Waals surface area contributed by atoms with Crippen LogP contribution in [0.25, 0.3) is 0 Å². The monoisotopic (exact) mass is 570 g/mol. The lowest BCUT2D eigenvalue weighted by atomic mass is 9.76. The molecule has 0 spiro atoms. The molecule has 0 saturated heterocycles. The zero-order valence-corrected chi connectivity index (χ0v) is 25.1. The van der Waals surface area contributed by atoms with Gasteiger partial charge in [0.15, 0.2) is 23.0 Å². The number of carbonyl (C=O) groups excluding carboxylic acids is 2. The molecule has 0 aliphatic rings. The summed E-state index contributed by atoms with van der Waals surface area (Å²) in [6, 6.07) is 7.30. The lowest BCUT2D eigenvalue weighted by molar-refractivity contribution is -0.141. The Bertz CT molecular complexity index is 1210. The zero-order valence-electron chi connectivity index (χ0n) is 25.1. The highest BCUT2D eigenvalue weighted by atomic mass is 16.6. The second-order valence-corrected chi connectivity index (χ2v) is 9.49. The summed E-state index contributed by atoms with van der Waals surface area (Å²) >= 11 is 0. The summed E-state index contributed by atoms with van der Waals surface area (Å²) in [5.41, 5.74) is 1.32. The van der Waals surface area contributed by atoms with Crippen molar-refractivity contribution in [1.29, 1.82) is 0 Å². The Hall–Kier alpha value is -3.98. The van der Waals surface area contributed by atoms with Crippen molar-refractivity contribution in [2.75, 3.05) is 33.0 Å². The average molecular weight is 571 g/mol. The number of rotatable bonds is 16. The number of hydrogen-bond donors (Lipinski definition) is 1. The van der Waals surface area contributed by atoms with Crippen LogP contribution in [-0.2, 0) is 19.7 Å². The third-order valence-corrected chi connectivity index (χ3v) is 6.15. The van der Waals surface area contributed by atoms with Crippen LogP contribution in [-0.4, -0.2) is 56.2 Å². The summed E-state index contributed by atoms with van der Waals surface area (Å²) < 4.78 is 34.7. The molecule has 0 fully saturated rings. The molecule has 1 N–H and O–H groups in total. The van der Waals surface area contributed by atoms with Crippen molar-refractivity contribution >= 4 is 11.9 Å². The van der Waals surface area contributed by atoms with E-state index in [4.69, 9.17) is 28.4 Å². The average Bonchev–Trinajstić information content (AvgIpc) is 2.95. The largest absolute Gasteiger partial charge is 0.491 e. The minimum absolute atomic E-state index is 0.0601. The summed E-state index contributed by atoms with van der Waals surface area (Å²) in [7, 11) is 0. The van der Waals surface area contributed by atoms with Gasteiger partial charge in [-0.15, -0.1) is 0 Å². The standard InChI is InChI=1S/C32H42O9/c1-9-14-26(35)40-20-23(33)19-39-24-17-15-22(16-18-24)32(7,8)27-30(38-13-5)28(36-11-3)21(6)29(37-12-4)31(27)41-25(34)10-2/h9-10,14-18,23,33H,2,11-13,19-20H2,1,3-8H3. The first-order valence-electron chi connectivity index (χ1n) is 13.7. The van der Waals surface area contributed by atoms with Gasteiger partial charge >= 0.3 is 11.9 Å². The maximum Gasteiger partial charge on any atom is 0.335 e. The summed E-state index contributed by atoms with van der Waals surface area (Å²) in [6.45, 7) is 17.5. The third kappa shape index (κ3) is 8.50. The van der Waals surface area contributed by atoms with Crippen LogP contribution < -0.4 is 23.7 Å². The number of benzene rings is 2. The van der Waals surface area contributed by atoms with Gasteiger partial charge in [-0.3, -0.25) is 0 Å². The number of aliphatic hydroxyl groups is 1. The van der Waals surface area contributed by atoms with Gasteiger partial charge in [0.25, 0.3) is 0 Å². The van der Waals surface area contributed by atoms with Crippen LogP contribution in [0.4, 0.5) is 0 Å². The van der Waals surface area contributed by atoms with Crippen LogP contribution in [0.2, 0.25) is 0 Å². The Morgan fingerprint density at radius 2 is 1.44 bits per heavy atom. The first-order valence-corrected chi connectivity index (χ1v) is 13.7. The topological polar surface area (TPSA) is 110 Å². The highest BCUT2D eigenvalue weighted by Gasteiger charge is 2.37. The fourth-order valence-corrected chi connectivity index (χ4v) is 4.21. The molecular weight excluding hydrogens is 528 g/mol. The van der Waals surface area contributed by atoms with Crippen LogP contribution in [0, 0.1) is 6.92 Å². The van der Waals surface area contributed by atoms with E-state index in [1.165, 1.54) is 6.08 Å². The maximum atomic E-state index is 12.5. The minimum atomic E-state index is -0.988. The van der Waals surface area contributed by atoms with Crippen molar-refractivity contribution in [3.05, 3.63) is 65.8 Å². The molecule has 9 heteroatoms. The molecule has 0 bridgehead atoms. The van der Waals surface area contributed by atoms with Gasteiger partial charge in [-0.05, 0) is 52.3 Å². The van der Waals surface area contributed by atoms with E-state index in [1.54, 1.807) is 25.1 Å². The van der Waals surface area contributed by atoms with E-state index in [2.05, 4.69) is 6.58 Å². The van der Waals surface area contributed by atoms with Crippen LogP contribution >= 0.6 is 0 Å². The molecule has 224 valence electrons. The summed E-state index contributed by atoms with van der Waals surface area (Å²) in [5, 5.41) is 10.1. The first-order chi connectivity index (χ1) is 19.5. The Balaban J connectivity index is 2.53. The highest BCUT2D eigenvalue weighted by molar-refractivity contribution is 5.85. The first kappa shape index (κ1) is 33.2. The van der Waals surface area contributed by atoms with Gasteiger partial charge in [0.05, 0.1) is 25.4 Å². The number of ether oxygens (including phenoxy) is 6. The maximum absolute atomic E-state index is 12.5. The van der Waals surface area contributed by atoms with Gasteiger partial charge in [-0.1, -0.05) is 38.6 Å². The molecule has 41 heavy (non-hydrogen) atoms. The van der Waals surface area contributed by atoms with Crippen molar-refractivity contribution in [3.63, 3.8) is 0 Å². The second kappa shape index (κ2) is 15.7. The molecule has 0 aliphatic carbocycles. The molecule has 1 atom stereocenters. The summed E-state index contributed by atoms with van der Waals surface area (Å²) in [5.74, 6) is 0.961. The Kier molecular flexibility index (Phi) is 12.7. The summed E-state index contributed by atoms with van der Waals surface area (Å²) in [4.78, 5) is 23.9. The molecule has 9 nitrogen and oxygen atoms in total. The van der Waals surface area contributed by atoms with Gasteiger partial charge in [0.1, 0.15) is 25.1 Å². The van der Waals surface area contributed by atoms with Crippen molar-refractivity contribution in [2.24, 2.45) is 0 Å². The fraction of sp³-hybridized carbons (Fsp3) is 0.438. The normalized spacial score (nSPS) is 12.0. The molecule has 0 radical (unpaired) electrons. The SMILES string of the molecule is C=CC(=O)Oc1c(OCC)c(C)c(OCC)c(OCC)c1C(C)(C)c1ccc(OCC(O)COC(=O)C=CC)cc1. The Morgan fingerprint density at radius 1 is 0.878 bits per heavy atom. The molecule has 0 aliphatic heterocycles. The molecule has 2 aromatic rings. The van der Waals surface area contributed by atoms with E-state index in [0.717, 1.165) is 11.6 Å². The Labute approximate surface area is 242 Å². The molecule has 2 aromatic carbocycles. The number of esters is 2. The number of carbonyl (C=O) groups is 2. The smallest absolute Gasteiger partial charge is 0.335 e. The van der Waals surface area contributed by atoms with E-state index < -0.39 is 23.5 Å². The van der Waals surface area contributed by atoms with E-state index in [-0.39, 0.29) is 19.0 Å². The van der Waals surface area contributed by atoms with E-state index >= 15 is 0 Å². The molecule has 0 saturated carbocycles. The van der Waals surface area contributed by atoms with Crippen LogP contribution in [0.15, 0.2) is 49.1 Å². The van der Waals surface area contributed by atoms with E-state index in [9.17, 15) is 14.7 Å². The number of hydrogen-bond acceptors (Lipinski definition) is 9. The third-order valence-electron chi connectivity index (χ3n) is 6.15. The van der Waals surface area contributed by atoms with Gasteiger partial charge in [0, 0.05) is 23.1 Å². The number of allylic oxidation sites excluding steroid dienone is 1. The lowest BCUT2D eigenvalue weighted by Crippen LogP contribution is -2.25. The van der Waals surface area contributed by atoms with E-state index in [1.807, 2.05) is 53.7 Å². The van der Waals surface area contributed by atoms with Crippen molar-refractivity contribution in [3.8, 4) is 28.7 Å². The van der Waals surface area contributed by atoms with Crippen LogP contribution in [0.1, 0.15) is 58.2 Å². The molecule has 2 rings (SSSR count). The van der Waals surface area contributed by atoms with Crippen molar-refractivity contribution in [1.82, 2.24) is 0 Å². The van der Waals surface area contributed by atoms with Crippen LogP contribution in [0.5, 0.6) is 28.7 Å². The zero-order chi connectivity index (χ0) is 30.6. The summed E-state index contributed by atoms with van der Waals surface area (Å²) in [6.07, 6.45) is 2.94.